The summed E-state index contributed by atoms with van der Waals surface area (Å²) in [5.41, 5.74) is 2.14. The third kappa shape index (κ3) is 4.52. The molecule has 0 saturated heterocycles. The summed E-state index contributed by atoms with van der Waals surface area (Å²) in [4.78, 5) is 0. The van der Waals surface area contributed by atoms with Crippen molar-refractivity contribution in [1.82, 2.24) is 0 Å². The van der Waals surface area contributed by atoms with Crippen LogP contribution in [0.4, 0.5) is 14.5 Å². The lowest BCUT2D eigenvalue weighted by atomic mass is 10.2. The summed E-state index contributed by atoms with van der Waals surface area (Å²) in [5, 5.41) is 3.23. The van der Waals surface area contributed by atoms with Crippen LogP contribution < -0.4 is 5.32 Å². The number of halogens is 3. The molecule has 1 heterocycles. The fourth-order valence-electron chi connectivity index (χ4n) is 1.63. The minimum absolute atomic E-state index is 0.188. The van der Waals surface area contributed by atoms with Gasteiger partial charge >= 0.3 is 0 Å². The summed E-state index contributed by atoms with van der Waals surface area (Å²) in [6.07, 6.45) is 0. The van der Waals surface area contributed by atoms with E-state index in [-0.39, 0.29) is 5.75 Å². The Morgan fingerprint density at radius 1 is 1.25 bits per heavy atom. The van der Waals surface area contributed by atoms with Gasteiger partial charge in [-0.15, -0.1) is 0 Å². The first kappa shape index (κ1) is 15.4. The zero-order valence-corrected chi connectivity index (χ0v) is 13.2. The maximum Gasteiger partial charge on any atom is 0.284 e. The van der Waals surface area contributed by atoms with Crippen molar-refractivity contribution in [2.45, 2.75) is 25.0 Å². The van der Waals surface area contributed by atoms with Crippen LogP contribution in [0.2, 0.25) is 0 Å². The summed E-state index contributed by atoms with van der Waals surface area (Å²) in [6, 6.07) is 9.52. The first-order chi connectivity index (χ1) is 9.54. The van der Waals surface area contributed by atoms with Gasteiger partial charge < -0.3 is 9.73 Å². The van der Waals surface area contributed by atoms with E-state index in [2.05, 4.69) is 21.2 Å². The topological polar surface area (TPSA) is 25.2 Å². The number of hydrogen-bond donors (Lipinski definition) is 1. The Morgan fingerprint density at radius 3 is 2.70 bits per heavy atom. The number of anilines is 1. The molecule has 1 aromatic heterocycles. The molecule has 0 fully saturated rings. The highest BCUT2D eigenvalue weighted by molar-refractivity contribution is 9.10. The van der Waals surface area contributed by atoms with Crippen LogP contribution in [0.1, 0.15) is 17.1 Å². The summed E-state index contributed by atoms with van der Waals surface area (Å²) in [5.74, 6) is -0.886. The molecular weight excluding hydrogens is 348 g/mol. The Balaban J connectivity index is 1.89. The number of alkyl halides is 2. The zero-order chi connectivity index (χ0) is 14.5. The molecule has 0 saturated carbocycles. The van der Waals surface area contributed by atoms with Crippen molar-refractivity contribution in [2.75, 3.05) is 5.32 Å². The summed E-state index contributed by atoms with van der Waals surface area (Å²) in [7, 11) is 0. The first-order valence-corrected chi connectivity index (χ1v) is 7.86. The Morgan fingerprint density at radius 2 is 2.00 bits per heavy atom. The number of thioether (sulfide) groups is 1. The van der Waals surface area contributed by atoms with E-state index in [4.69, 9.17) is 4.42 Å². The molecule has 0 amide bonds. The van der Waals surface area contributed by atoms with E-state index in [0.29, 0.717) is 24.1 Å². The molecule has 0 bridgehead atoms. The summed E-state index contributed by atoms with van der Waals surface area (Å²) < 4.78 is 30.7. The molecule has 0 radical (unpaired) electrons. The van der Waals surface area contributed by atoms with Crippen molar-refractivity contribution in [2.24, 2.45) is 0 Å². The summed E-state index contributed by atoms with van der Waals surface area (Å²) in [6.45, 7) is 2.54. The third-order valence-electron chi connectivity index (χ3n) is 2.71. The molecule has 20 heavy (non-hydrogen) atoms. The second-order valence-electron chi connectivity index (χ2n) is 4.26. The molecule has 108 valence electrons. The predicted octanol–water partition coefficient (Wildman–Crippen LogP) is 5.42. The van der Waals surface area contributed by atoms with Gasteiger partial charge in [-0.05, 0) is 36.8 Å². The van der Waals surface area contributed by atoms with Crippen LogP contribution in [0.25, 0.3) is 0 Å². The average molecular weight is 362 g/mol. The molecule has 2 nitrogen and oxygen atoms in total. The van der Waals surface area contributed by atoms with Crippen LogP contribution in [0.15, 0.2) is 39.2 Å². The average Bonchev–Trinajstić information content (AvgIpc) is 2.86. The lowest BCUT2D eigenvalue weighted by molar-refractivity contribution is 0.251. The van der Waals surface area contributed by atoms with Crippen molar-refractivity contribution in [1.29, 1.82) is 0 Å². The van der Waals surface area contributed by atoms with Crippen molar-refractivity contribution >= 4 is 33.4 Å². The van der Waals surface area contributed by atoms with Gasteiger partial charge in [0.15, 0.2) is 0 Å². The van der Waals surface area contributed by atoms with E-state index < -0.39 is 5.76 Å². The van der Waals surface area contributed by atoms with Gasteiger partial charge in [0.2, 0.25) is 0 Å². The Bertz CT molecular complexity index is 574. The Labute approximate surface area is 129 Å². The van der Waals surface area contributed by atoms with Gasteiger partial charge in [0.25, 0.3) is 5.76 Å². The van der Waals surface area contributed by atoms with E-state index in [1.54, 1.807) is 12.1 Å². The smallest absolute Gasteiger partial charge is 0.284 e. The molecule has 1 aromatic carbocycles. The number of hydrogen-bond acceptors (Lipinski definition) is 3. The van der Waals surface area contributed by atoms with Crippen LogP contribution in [0.3, 0.4) is 0 Å². The number of nitrogens with one attached hydrogen (secondary N) is 1. The highest BCUT2D eigenvalue weighted by atomic mass is 79.9. The van der Waals surface area contributed by atoms with Gasteiger partial charge in [0.1, 0.15) is 11.5 Å². The largest absolute Gasteiger partial charge is 0.463 e. The molecule has 0 aliphatic heterocycles. The Kier molecular flexibility index (Phi) is 5.48. The first-order valence-electron chi connectivity index (χ1n) is 6.02. The van der Waals surface area contributed by atoms with Crippen molar-refractivity contribution in [3.8, 4) is 0 Å². The second kappa shape index (κ2) is 7.13. The molecule has 0 spiro atoms. The molecule has 0 aliphatic rings. The van der Waals surface area contributed by atoms with Gasteiger partial charge in [-0.1, -0.05) is 33.8 Å². The second-order valence-corrected chi connectivity index (χ2v) is 6.09. The predicted molar refractivity (Wildman–Crippen MR) is 82.2 cm³/mol. The molecule has 1 N–H and O–H groups in total. The van der Waals surface area contributed by atoms with Gasteiger partial charge in [0, 0.05) is 10.2 Å². The van der Waals surface area contributed by atoms with Crippen molar-refractivity contribution in [3.63, 3.8) is 0 Å². The van der Waals surface area contributed by atoms with Gasteiger partial charge in [-0.25, -0.2) is 0 Å². The lowest BCUT2D eigenvalue weighted by Crippen LogP contribution is -1.98. The van der Waals surface area contributed by atoms with E-state index >= 15 is 0 Å². The number of rotatable bonds is 6. The minimum atomic E-state index is -2.37. The van der Waals surface area contributed by atoms with Gasteiger partial charge in [-0.3, -0.25) is 0 Å². The third-order valence-corrected chi connectivity index (χ3v) is 4.26. The zero-order valence-electron chi connectivity index (χ0n) is 10.8. The van der Waals surface area contributed by atoms with Gasteiger partial charge in [-0.2, -0.15) is 8.78 Å². The standard InChI is InChI=1S/C14H14BrF2NOS/c1-9-2-3-10(6-13(9)15)18-7-11-4-5-12(19-11)8-20-14(16)17/h2-6,14,18H,7-8H2,1H3. The number of furan rings is 1. The molecule has 0 unspecified atom stereocenters. The molecular formula is C14H14BrF2NOS. The monoisotopic (exact) mass is 361 g/mol. The highest BCUT2D eigenvalue weighted by Crippen LogP contribution is 2.23. The molecule has 2 aromatic rings. The molecule has 0 aliphatic carbocycles. The van der Waals surface area contributed by atoms with E-state index in [9.17, 15) is 8.78 Å². The molecule has 2 rings (SSSR count). The number of aryl methyl sites for hydroxylation is 1. The Hall–Kier alpha value is -1.01. The van der Waals surface area contributed by atoms with Crippen molar-refractivity contribution in [3.05, 3.63) is 51.9 Å². The lowest BCUT2D eigenvalue weighted by Gasteiger charge is -2.06. The quantitative estimate of drug-likeness (QED) is 0.743. The minimum Gasteiger partial charge on any atom is -0.463 e. The van der Waals surface area contributed by atoms with E-state index in [0.717, 1.165) is 15.9 Å². The molecule has 0 atom stereocenters. The number of benzene rings is 1. The van der Waals surface area contributed by atoms with Gasteiger partial charge in [0.05, 0.1) is 12.3 Å². The molecule has 6 heteroatoms. The maximum absolute atomic E-state index is 12.1. The van der Waals surface area contributed by atoms with E-state index in [1.807, 2.05) is 25.1 Å². The fourth-order valence-corrected chi connectivity index (χ4v) is 2.46. The van der Waals surface area contributed by atoms with Crippen LogP contribution in [0, 0.1) is 6.92 Å². The normalized spacial score (nSPS) is 11.1. The van der Waals surface area contributed by atoms with Crippen LogP contribution >= 0.6 is 27.7 Å². The van der Waals surface area contributed by atoms with E-state index in [1.165, 1.54) is 5.56 Å². The fraction of sp³-hybridized carbons (Fsp3) is 0.286. The SMILES string of the molecule is Cc1ccc(NCc2ccc(CSC(F)F)o2)cc1Br. The summed E-state index contributed by atoms with van der Waals surface area (Å²) >= 11 is 4.04. The highest BCUT2D eigenvalue weighted by Gasteiger charge is 2.07. The van der Waals surface area contributed by atoms with Crippen LogP contribution in [-0.4, -0.2) is 5.76 Å². The van der Waals surface area contributed by atoms with Crippen LogP contribution in [-0.2, 0) is 12.3 Å². The maximum atomic E-state index is 12.1. The van der Waals surface area contributed by atoms with Crippen molar-refractivity contribution < 1.29 is 13.2 Å². The van der Waals surface area contributed by atoms with Crippen LogP contribution in [0.5, 0.6) is 0 Å².